The van der Waals surface area contributed by atoms with Crippen LogP contribution in [0.5, 0.6) is 0 Å². The molecule has 2 fully saturated rings. The van der Waals surface area contributed by atoms with Crippen molar-refractivity contribution >= 4 is 27.3 Å². The maximum atomic E-state index is 12.7. The van der Waals surface area contributed by atoms with Crippen LogP contribution in [0.4, 0.5) is 0 Å². The number of hydrogen-bond donors (Lipinski definition) is 2. The van der Waals surface area contributed by atoms with Crippen molar-refractivity contribution in [2.24, 2.45) is 0 Å². The van der Waals surface area contributed by atoms with Gasteiger partial charge in [0, 0.05) is 30.1 Å². The van der Waals surface area contributed by atoms with Crippen LogP contribution in [0.25, 0.3) is 0 Å². The largest absolute Gasteiger partial charge is 0.377 e. The Kier molecular flexibility index (Phi) is 7.39. The minimum absolute atomic E-state index is 0.0632. The lowest BCUT2D eigenvalue weighted by Crippen LogP contribution is -2.36. The SMILES string of the molecule is O=C(NCC(c1cccs1)N1CCCC1)c1ccc(S(=O)(=O)NCC2CCCO2)cc1. The first-order valence-corrected chi connectivity index (χ1v) is 13.2. The third-order valence-electron chi connectivity index (χ3n) is 5.86. The van der Waals surface area contributed by atoms with Gasteiger partial charge in [0.1, 0.15) is 0 Å². The van der Waals surface area contributed by atoms with Crippen LogP contribution in [0.3, 0.4) is 0 Å². The van der Waals surface area contributed by atoms with E-state index in [2.05, 4.69) is 26.4 Å². The quantitative estimate of drug-likeness (QED) is 0.597. The van der Waals surface area contributed by atoms with E-state index in [0.29, 0.717) is 18.7 Å². The van der Waals surface area contributed by atoms with Gasteiger partial charge in [0.05, 0.1) is 17.0 Å². The topological polar surface area (TPSA) is 87.7 Å². The zero-order chi connectivity index (χ0) is 21.7. The second-order valence-electron chi connectivity index (χ2n) is 8.00. The molecule has 7 nitrogen and oxygen atoms in total. The summed E-state index contributed by atoms with van der Waals surface area (Å²) in [6.07, 6.45) is 4.14. The molecule has 0 bridgehead atoms. The van der Waals surface area contributed by atoms with E-state index >= 15 is 0 Å². The van der Waals surface area contributed by atoms with Crippen LogP contribution < -0.4 is 10.0 Å². The summed E-state index contributed by atoms with van der Waals surface area (Å²) in [5.41, 5.74) is 0.449. The fourth-order valence-electron chi connectivity index (χ4n) is 4.11. The van der Waals surface area contributed by atoms with Crippen LogP contribution in [0.1, 0.15) is 47.0 Å². The molecule has 3 heterocycles. The second kappa shape index (κ2) is 10.2. The number of hydrogen-bond acceptors (Lipinski definition) is 6. The predicted molar refractivity (Wildman–Crippen MR) is 121 cm³/mol. The van der Waals surface area contributed by atoms with Gasteiger partial charge in [-0.15, -0.1) is 11.3 Å². The molecular formula is C22H29N3O4S2. The lowest BCUT2D eigenvalue weighted by Gasteiger charge is -2.27. The van der Waals surface area contributed by atoms with Gasteiger partial charge in [-0.05, 0) is 74.5 Å². The molecule has 1 aromatic carbocycles. The zero-order valence-corrected chi connectivity index (χ0v) is 19.1. The summed E-state index contributed by atoms with van der Waals surface area (Å²) < 4.78 is 33.0. The normalized spacial score (nSPS) is 20.7. The van der Waals surface area contributed by atoms with Gasteiger partial charge in [0.15, 0.2) is 0 Å². The Bertz CT molecular complexity index is 949. The molecule has 0 saturated carbocycles. The molecule has 0 spiro atoms. The third kappa shape index (κ3) is 5.72. The summed E-state index contributed by atoms with van der Waals surface area (Å²) in [6, 6.07) is 10.4. The van der Waals surface area contributed by atoms with Gasteiger partial charge in [0.25, 0.3) is 5.91 Å². The summed E-state index contributed by atoms with van der Waals surface area (Å²) >= 11 is 1.71. The van der Waals surface area contributed by atoms with Crippen molar-refractivity contribution in [2.75, 3.05) is 32.8 Å². The minimum atomic E-state index is -3.62. The van der Waals surface area contributed by atoms with Crippen LogP contribution in [0.15, 0.2) is 46.7 Å². The predicted octanol–water partition coefficient (Wildman–Crippen LogP) is 2.77. The number of carbonyl (C=O) groups is 1. The van der Waals surface area contributed by atoms with Gasteiger partial charge >= 0.3 is 0 Å². The summed E-state index contributed by atoms with van der Waals surface area (Å²) in [7, 11) is -3.62. The van der Waals surface area contributed by atoms with E-state index in [-0.39, 0.29) is 29.5 Å². The molecule has 2 saturated heterocycles. The van der Waals surface area contributed by atoms with E-state index in [9.17, 15) is 13.2 Å². The van der Waals surface area contributed by atoms with E-state index in [1.807, 2.05) is 6.07 Å². The highest BCUT2D eigenvalue weighted by Crippen LogP contribution is 2.28. The van der Waals surface area contributed by atoms with Crippen molar-refractivity contribution in [2.45, 2.75) is 42.7 Å². The molecule has 1 amide bonds. The Morgan fingerprint density at radius 2 is 1.94 bits per heavy atom. The Labute approximate surface area is 187 Å². The number of thiophene rings is 1. The molecule has 2 aromatic rings. The molecule has 4 rings (SSSR count). The molecule has 9 heteroatoms. The average Bonchev–Trinajstić information content (AvgIpc) is 3.56. The first-order chi connectivity index (χ1) is 15.0. The van der Waals surface area contributed by atoms with Gasteiger partial charge in [-0.25, -0.2) is 13.1 Å². The van der Waals surface area contributed by atoms with Crippen LogP contribution in [-0.4, -0.2) is 58.1 Å². The van der Waals surface area contributed by atoms with Crippen molar-refractivity contribution < 1.29 is 17.9 Å². The molecule has 2 aliphatic heterocycles. The highest BCUT2D eigenvalue weighted by Gasteiger charge is 2.25. The molecule has 0 aliphatic carbocycles. The average molecular weight is 464 g/mol. The van der Waals surface area contributed by atoms with Crippen LogP contribution in [0.2, 0.25) is 0 Å². The van der Waals surface area contributed by atoms with Gasteiger partial charge < -0.3 is 10.1 Å². The highest BCUT2D eigenvalue weighted by atomic mass is 32.2. The number of nitrogens with one attached hydrogen (secondary N) is 2. The van der Waals surface area contributed by atoms with E-state index in [4.69, 9.17) is 4.74 Å². The molecule has 31 heavy (non-hydrogen) atoms. The number of nitrogens with zero attached hydrogens (tertiary/aromatic N) is 1. The van der Waals surface area contributed by atoms with Crippen molar-refractivity contribution in [3.63, 3.8) is 0 Å². The number of likely N-dealkylation sites (tertiary alicyclic amines) is 1. The van der Waals surface area contributed by atoms with E-state index < -0.39 is 10.0 Å². The van der Waals surface area contributed by atoms with Crippen molar-refractivity contribution in [1.29, 1.82) is 0 Å². The van der Waals surface area contributed by atoms with Gasteiger partial charge in [0.2, 0.25) is 10.0 Å². The molecule has 0 radical (unpaired) electrons. The fourth-order valence-corrected chi connectivity index (χ4v) is 6.04. The van der Waals surface area contributed by atoms with Gasteiger partial charge in [-0.1, -0.05) is 6.07 Å². The number of ether oxygens (including phenoxy) is 1. The molecule has 2 atom stereocenters. The van der Waals surface area contributed by atoms with Crippen molar-refractivity contribution in [1.82, 2.24) is 14.9 Å². The van der Waals surface area contributed by atoms with Gasteiger partial charge in [-0.3, -0.25) is 9.69 Å². The summed E-state index contributed by atoms with van der Waals surface area (Å²) in [4.78, 5) is 16.5. The second-order valence-corrected chi connectivity index (χ2v) is 10.7. The van der Waals surface area contributed by atoms with Crippen molar-refractivity contribution in [3.8, 4) is 0 Å². The molecule has 168 valence electrons. The number of benzene rings is 1. The monoisotopic (exact) mass is 463 g/mol. The molecule has 2 aliphatic rings. The Hall–Kier alpha value is -1.78. The summed E-state index contributed by atoms with van der Waals surface area (Å²) in [5, 5.41) is 5.09. The third-order valence-corrected chi connectivity index (χ3v) is 8.27. The lowest BCUT2D eigenvalue weighted by atomic mass is 10.2. The number of amides is 1. The first kappa shape index (κ1) is 22.4. The molecule has 1 aromatic heterocycles. The molecule has 2 unspecified atom stereocenters. The minimum Gasteiger partial charge on any atom is -0.377 e. The molecule has 2 N–H and O–H groups in total. The zero-order valence-electron chi connectivity index (χ0n) is 17.5. The van der Waals surface area contributed by atoms with E-state index in [1.54, 1.807) is 23.5 Å². The summed E-state index contributed by atoms with van der Waals surface area (Å²) in [6.45, 7) is 3.57. The molecular weight excluding hydrogens is 434 g/mol. The Morgan fingerprint density at radius 1 is 1.16 bits per heavy atom. The first-order valence-electron chi connectivity index (χ1n) is 10.8. The number of sulfonamides is 1. The Balaban J connectivity index is 1.35. The summed E-state index contributed by atoms with van der Waals surface area (Å²) in [5.74, 6) is -0.197. The smallest absolute Gasteiger partial charge is 0.251 e. The van der Waals surface area contributed by atoms with Gasteiger partial charge in [-0.2, -0.15) is 0 Å². The standard InChI is InChI=1S/C22H29N3O4S2/c26-22(23-16-20(21-6-4-14-30-21)25-11-1-2-12-25)17-7-9-19(10-8-17)31(27,28)24-15-18-5-3-13-29-18/h4,6-10,14,18,20,24H,1-3,5,11-13,15-16H2,(H,23,26). The fraction of sp³-hybridized carbons (Fsp3) is 0.500. The number of carbonyl (C=O) groups excluding carboxylic acids is 1. The van der Waals surface area contributed by atoms with E-state index in [0.717, 1.165) is 25.9 Å². The van der Waals surface area contributed by atoms with Crippen LogP contribution in [-0.2, 0) is 14.8 Å². The van der Waals surface area contributed by atoms with E-state index in [1.165, 1.54) is 29.9 Å². The lowest BCUT2D eigenvalue weighted by molar-refractivity contribution is 0.0938. The maximum Gasteiger partial charge on any atom is 0.251 e. The number of rotatable bonds is 9. The van der Waals surface area contributed by atoms with Crippen LogP contribution in [0, 0.1) is 0 Å². The maximum absolute atomic E-state index is 12.7. The Morgan fingerprint density at radius 3 is 2.58 bits per heavy atom. The van der Waals surface area contributed by atoms with Crippen molar-refractivity contribution in [3.05, 3.63) is 52.2 Å². The highest BCUT2D eigenvalue weighted by molar-refractivity contribution is 7.89. The van der Waals surface area contributed by atoms with Crippen LogP contribution >= 0.6 is 11.3 Å².